The van der Waals surface area contributed by atoms with Crippen LogP contribution < -0.4 is 0 Å². The van der Waals surface area contributed by atoms with Gasteiger partial charge in [-0.15, -0.1) is 0 Å². The average Bonchev–Trinajstić information content (AvgIpc) is 2.67. The molecule has 0 aliphatic heterocycles. The number of hydrogen-bond acceptors (Lipinski definition) is 2. The van der Waals surface area contributed by atoms with E-state index in [1.54, 1.807) is 0 Å². The standard InChI is InChI=1S/C12H15NO/c14-13-12-8-4-7-11(12)9-10-5-2-1-3-6-10/h1-3,5-6,11,14H,4,7-9H2/b13-12+. The van der Waals surface area contributed by atoms with Crippen molar-refractivity contribution in [3.8, 4) is 0 Å². The third-order valence-corrected chi connectivity index (χ3v) is 2.91. The van der Waals surface area contributed by atoms with E-state index in [1.165, 1.54) is 5.56 Å². The molecule has 74 valence electrons. The lowest BCUT2D eigenvalue weighted by Gasteiger charge is -2.09. The Morgan fingerprint density at radius 1 is 1.29 bits per heavy atom. The van der Waals surface area contributed by atoms with Gasteiger partial charge in [-0.25, -0.2) is 0 Å². The predicted molar refractivity (Wildman–Crippen MR) is 56.7 cm³/mol. The van der Waals surface area contributed by atoms with E-state index in [1.807, 2.05) is 6.07 Å². The largest absolute Gasteiger partial charge is 0.411 e. The molecule has 2 rings (SSSR count). The molecule has 1 aromatic rings. The Labute approximate surface area is 84.3 Å². The Hall–Kier alpha value is -1.31. The van der Waals surface area contributed by atoms with Crippen LogP contribution in [0.2, 0.25) is 0 Å². The van der Waals surface area contributed by atoms with Gasteiger partial charge in [0.25, 0.3) is 0 Å². The van der Waals surface area contributed by atoms with Crippen LogP contribution >= 0.6 is 0 Å². The first kappa shape index (κ1) is 9.25. The normalized spacial score (nSPS) is 24.3. The lowest BCUT2D eigenvalue weighted by molar-refractivity contribution is 0.315. The molecule has 0 bridgehead atoms. The summed E-state index contributed by atoms with van der Waals surface area (Å²) < 4.78 is 0. The minimum absolute atomic E-state index is 0.461. The van der Waals surface area contributed by atoms with Gasteiger partial charge in [0.2, 0.25) is 0 Å². The molecule has 1 aliphatic carbocycles. The van der Waals surface area contributed by atoms with E-state index in [0.29, 0.717) is 5.92 Å². The molecular formula is C12H15NO. The van der Waals surface area contributed by atoms with Crippen LogP contribution in [0.3, 0.4) is 0 Å². The van der Waals surface area contributed by atoms with Crippen LogP contribution in [0, 0.1) is 5.92 Å². The zero-order valence-electron chi connectivity index (χ0n) is 8.19. The number of benzene rings is 1. The summed E-state index contributed by atoms with van der Waals surface area (Å²) in [5, 5.41) is 12.2. The summed E-state index contributed by atoms with van der Waals surface area (Å²) in [5.41, 5.74) is 2.31. The zero-order chi connectivity index (χ0) is 9.80. The molecule has 2 heteroatoms. The molecule has 14 heavy (non-hydrogen) atoms. The van der Waals surface area contributed by atoms with Gasteiger partial charge >= 0.3 is 0 Å². The second-order valence-corrected chi connectivity index (χ2v) is 3.87. The van der Waals surface area contributed by atoms with Crippen molar-refractivity contribution in [2.75, 3.05) is 0 Å². The molecule has 0 aromatic heterocycles. The molecule has 1 aliphatic rings. The smallest absolute Gasteiger partial charge is 0.0604 e. The van der Waals surface area contributed by atoms with E-state index in [-0.39, 0.29) is 0 Å². The molecule has 0 radical (unpaired) electrons. The summed E-state index contributed by atoms with van der Waals surface area (Å²) in [4.78, 5) is 0. The Kier molecular flexibility index (Phi) is 2.82. The highest BCUT2D eigenvalue weighted by Crippen LogP contribution is 2.25. The first-order chi connectivity index (χ1) is 6.90. The van der Waals surface area contributed by atoms with Crippen LogP contribution in [-0.4, -0.2) is 10.9 Å². The fourth-order valence-electron chi connectivity index (χ4n) is 2.15. The Morgan fingerprint density at radius 2 is 2.07 bits per heavy atom. The van der Waals surface area contributed by atoms with E-state index < -0.39 is 0 Å². The fourth-order valence-corrected chi connectivity index (χ4v) is 2.15. The second-order valence-electron chi connectivity index (χ2n) is 3.87. The van der Waals surface area contributed by atoms with Gasteiger partial charge in [0, 0.05) is 5.92 Å². The molecule has 0 amide bonds. The summed E-state index contributed by atoms with van der Waals surface area (Å²) in [6.45, 7) is 0. The van der Waals surface area contributed by atoms with Crippen molar-refractivity contribution in [2.24, 2.45) is 11.1 Å². The highest BCUT2D eigenvalue weighted by molar-refractivity contribution is 5.88. The predicted octanol–water partition coefficient (Wildman–Crippen LogP) is 2.86. The topological polar surface area (TPSA) is 32.6 Å². The lowest BCUT2D eigenvalue weighted by atomic mass is 9.97. The van der Waals surface area contributed by atoms with Gasteiger partial charge in [0.15, 0.2) is 0 Å². The first-order valence-electron chi connectivity index (χ1n) is 5.15. The maximum Gasteiger partial charge on any atom is 0.0604 e. The number of nitrogens with zero attached hydrogens (tertiary/aromatic N) is 1. The minimum Gasteiger partial charge on any atom is -0.411 e. The second kappa shape index (κ2) is 4.27. The van der Waals surface area contributed by atoms with Crippen LogP contribution in [0.1, 0.15) is 24.8 Å². The summed E-state index contributed by atoms with van der Waals surface area (Å²) in [6, 6.07) is 10.4. The van der Waals surface area contributed by atoms with E-state index >= 15 is 0 Å². The quantitative estimate of drug-likeness (QED) is 0.563. The van der Waals surface area contributed by atoms with Crippen LogP contribution in [-0.2, 0) is 6.42 Å². The van der Waals surface area contributed by atoms with Gasteiger partial charge in [-0.05, 0) is 31.2 Å². The van der Waals surface area contributed by atoms with E-state index in [0.717, 1.165) is 31.4 Å². The SMILES string of the molecule is O/N=C1\CCCC1Cc1ccccc1. The fraction of sp³-hybridized carbons (Fsp3) is 0.417. The van der Waals surface area contributed by atoms with Crippen LogP contribution in [0.25, 0.3) is 0 Å². The van der Waals surface area contributed by atoms with Crippen molar-refractivity contribution >= 4 is 5.71 Å². The summed E-state index contributed by atoms with van der Waals surface area (Å²) in [5.74, 6) is 0.461. The van der Waals surface area contributed by atoms with Gasteiger partial charge in [-0.1, -0.05) is 35.5 Å². The van der Waals surface area contributed by atoms with Crippen LogP contribution in [0.5, 0.6) is 0 Å². The molecule has 0 spiro atoms. The molecule has 0 heterocycles. The molecule has 1 aromatic carbocycles. The van der Waals surface area contributed by atoms with Crippen molar-refractivity contribution in [3.05, 3.63) is 35.9 Å². The van der Waals surface area contributed by atoms with Crippen LogP contribution in [0.4, 0.5) is 0 Å². The molecule has 0 saturated heterocycles. The van der Waals surface area contributed by atoms with E-state index in [2.05, 4.69) is 29.4 Å². The number of hydrogen-bond donors (Lipinski definition) is 1. The van der Waals surface area contributed by atoms with Crippen molar-refractivity contribution in [3.63, 3.8) is 0 Å². The number of rotatable bonds is 2. The molecule has 2 nitrogen and oxygen atoms in total. The summed E-state index contributed by atoms with van der Waals surface area (Å²) in [7, 11) is 0. The minimum atomic E-state index is 0.461. The number of oxime groups is 1. The van der Waals surface area contributed by atoms with Gasteiger partial charge in [-0.2, -0.15) is 0 Å². The van der Waals surface area contributed by atoms with Gasteiger partial charge in [0.1, 0.15) is 0 Å². The summed E-state index contributed by atoms with van der Waals surface area (Å²) in [6.07, 6.45) is 4.30. The zero-order valence-corrected chi connectivity index (χ0v) is 8.19. The average molecular weight is 189 g/mol. The molecule has 1 saturated carbocycles. The van der Waals surface area contributed by atoms with Gasteiger partial charge < -0.3 is 5.21 Å². The summed E-state index contributed by atoms with van der Waals surface area (Å²) >= 11 is 0. The Balaban J connectivity index is 2.04. The highest BCUT2D eigenvalue weighted by atomic mass is 16.4. The monoisotopic (exact) mass is 189 g/mol. The van der Waals surface area contributed by atoms with Crippen molar-refractivity contribution in [1.82, 2.24) is 0 Å². The first-order valence-corrected chi connectivity index (χ1v) is 5.15. The van der Waals surface area contributed by atoms with E-state index in [4.69, 9.17) is 5.21 Å². The van der Waals surface area contributed by atoms with Crippen LogP contribution in [0.15, 0.2) is 35.5 Å². The maximum absolute atomic E-state index is 8.80. The van der Waals surface area contributed by atoms with Crippen molar-refractivity contribution in [1.29, 1.82) is 0 Å². The third kappa shape index (κ3) is 1.95. The van der Waals surface area contributed by atoms with Crippen molar-refractivity contribution < 1.29 is 5.21 Å². The highest BCUT2D eigenvalue weighted by Gasteiger charge is 2.22. The molecule has 1 N–H and O–H groups in total. The van der Waals surface area contributed by atoms with Crippen molar-refractivity contribution in [2.45, 2.75) is 25.7 Å². The Bertz CT molecular complexity index is 318. The molecule has 1 unspecified atom stereocenters. The van der Waals surface area contributed by atoms with Gasteiger partial charge in [-0.3, -0.25) is 0 Å². The van der Waals surface area contributed by atoms with E-state index in [9.17, 15) is 0 Å². The molecule has 1 atom stereocenters. The molecule has 1 fully saturated rings. The van der Waals surface area contributed by atoms with Gasteiger partial charge in [0.05, 0.1) is 5.71 Å². The third-order valence-electron chi connectivity index (χ3n) is 2.91. The lowest BCUT2D eigenvalue weighted by Crippen LogP contribution is -2.09. The maximum atomic E-state index is 8.80. The Morgan fingerprint density at radius 3 is 2.79 bits per heavy atom. The molecular weight excluding hydrogens is 174 g/mol.